The number of nitro benzene ring substituents is 1. The molecule has 2 rings (SSSR count). The number of hydrogen-bond acceptors (Lipinski definition) is 7. The van der Waals surface area contributed by atoms with E-state index in [1.165, 1.54) is 37.6 Å². The molecule has 26 heavy (non-hydrogen) atoms. The molecule has 9 heteroatoms. The Kier molecular flexibility index (Phi) is 6.10. The van der Waals surface area contributed by atoms with Crippen molar-refractivity contribution >= 4 is 17.8 Å². The Morgan fingerprint density at radius 1 is 1.35 bits per heavy atom. The van der Waals surface area contributed by atoms with Crippen molar-refractivity contribution in [3.63, 3.8) is 0 Å². The van der Waals surface area contributed by atoms with Crippen molar-refractivity contribution in [2.45, 2.75) is 6.92 Å². The van der Waals surface area contributed by atoms with Gasteiger partial charge in [0, 0.05) is 11.6 Å². The average molecular weight is 359 g/mol. The van der Waals surface area contributed by atoms with E-state index < -0.39 is 17.4 Å². The Morgan fingerprint density at radius 2 is 2.12 bits per heavy atom. The number of phenolic OH excluding ortho intramolecular Hbond substituents is 1. The number of carbonyl (C=O) groups is 1. The highest BCUT2D eigenvalue weighted by Gasteiger charge is 2.16. The summed E-state index contributed by atoms with van der Waals surface area (Å²) in [5.74, 6) is -0.135. The van der Waals surface area contributed by atoms with E-state index in [0.29, 0.717) is 16.9 Å². The minimum absolute atomic E-state index is 0.00910. The standard InChI is InChI=1S/C17H17N3O6/c1-11-3-6-16(14(7-11)20(23)24)26-10-17(22)19-18-9-12-8-13(25-2)4-5-15(12)21/h3-9,21H,10H2,1-2H3,(H,19,22)/b18-9-. The van der Waals surface area contributed by atoms with Gasteiger partial charge in [-0.3, -0.25) is 14.9 Å². The Bertz CT molecular complexity index is 850. The third-order valence-electron chi connectivity index (χ3n) is 3.30. The lowest BCUT2D eigenvalue weighted by molar-refractivity contribution is -0.385. The van der Waals surface area contributed by atoms with Crippen molar-refractivity contribution in [2.24, 2.45) is 5.10 Å². The van der Waals surface area contributed by atoms with Crippen LogP contribution in [0.15, 0.2) is 41.5 Å². The van der Waals surface area contributed by atoms with Crippen LogP contribution >= 0.6 is 0 Å². The molecule has 2 N–H and O–H groups in total. The van der Waals surface area contributed by atoms with Crippen LogP contribution in [0.4, 0.5) is 5.69 Å². The molecule has 0 aliphatic carbocycles. The van der Waals surface area contributed by atoms with Crippen LogP contribution < -0.4 is 14.9 Å². The molecule has 0 aliphatic rings. The molecule has 0 radical (unpaired) electrons. The van der Waals surface area contributed by atoms with Crippen molar-refractivity contribution in [1.29, 1.82) is 0 Å². The molecule has 2 aromatic rings. The molecular formula is C17H17N3O6. The van der Waals surface area contributed by atoms with E-state index in [1.807, 2.05) is 0 Å². The molecule has 0 bridgehead atoms. The number of nitrogens with one attached hydrogen (secondary N) is 1. The summed E-state index contributed by atoms with van der Waals surface area (Å²) in [4.78, 5) is 22.2. The van der Waals surface area contributed by atoms with E-state index in [4.69, 9.17) is 9.47 Å². The number of amides is 1. The van der Waals surface area contributed by atoms with Gasteiger partial charge in [0.15, 0.2) is 12.4 Å². The lowest BCUT2D eigenvalue weighted by Gasteiger charge is -2.06. The fourth-order valence-corrected chi connectivity index (χ4v) is 2.00. The number of benzene rings is 2. The number of aryl methyl sites for hydroxylation is 1. The number of nitro groups is 1. The lowest BCUT2D eigenvalue weighted by Crippen LogP contribution is -2.24. The van der Waals surface area contributed by atoms with Gasteiger partial charge in [0.1, 0.15) is 11.5 Å². The summed E-state index contributed by atoms with van der Waals surface area (Å²) in [5.41, 5.74) is 3.04. The largest absolute Gasteiger partial charge is 0.507 e. The number of rotatable bonds is 7. The maximum absolute atomic E-state index is 11.8. The van der Waals surface area contributed by atoms with Crippen molar-refractivity contribution in [3.8, 4) is 17.2 Å². The fraction of sp³-hybridized carbons (Fsp3) is 0.176. The Morgan fingerprint density at radius 3 is 2.81 bits per heavy atom. The van der Waals surface area contributed by atoms with Crippen molar-refractivity contribution in [1.82, 2.24) is 5.43 Å². The van der Waals surface area contributed by atoms with Crippen LogP contribution in [0.25, 0.3) is 0 Å². The van der Waals surface area contributed by atoms with Crippen molar-refractivity contribution in [3.05, 3.63) is 57.6 Å². The molecule has 0 saturated heterocycles. The van der Waals surface area contributed by atoms with Crippen molar-refractivity contribution < 1.29 is 24.3 Å². The van der Waals surface area contributed by atoms with Gasteiger partial charge in [0.2, 0.25) is 0 Å². The third-order valence-corrected chi connectivity index (χ3v) is 3.30. The van der Waals surface area contributed by atoms with E-state index >= 15 is 0 Å². The van der Waals surface area contributed by atoms with Gasteiger partial charge < -0.3 is 14.6 Å². The van der Waals surface area contributed by atoms with Crippen molar-refractivity contribution in [2.75, 3.05) is 13.7 Å². The van der Waals surface area contributed by atoms with Gasteiger partial charge in [-0.2, -0.15) is 5.10 Å². The highest BCUT2D eigenvalue weighted by Crippen LogP contribution is 2.27. The molecule has 136 valence electrons. The van der Waals surface area contributed by atoms with Crippen LogP contribution in [0.2, 0.25) is 0 Å². The molecule has 0 fully saturated rings. The van der Waals surface area contributed by atoms with E-state index in [1.54, 1.807) is 19.1 Å². The van der Waals surface area contributed by atoms with E-state index in [0.717, 1.165) is 0 Å². The van der Waals surface area contributed by atoms with Crippen LogP contribution in [-0.4, -0.2) is 35.9 Å². The van der Waals surface area contributed by atoms with Gasteiger partial charge >= 0.3 is 5.69 Å². The molecule has 2 aromatic carbocycles. The molecule has 0 spiro atoms. The molecule has 0 aromatic heterocycles. The topological polar surface area (TPSA) is 123 Å². The smallest absolute Gasteiger partial charge is 0.311 e. The minimum atomic E-state index is -0.612. The molecule has 0 aliphatic heterocycles. The maximum Gasteiger partial charge on any atom is 0.311 e. The summed E-state index contributed by atoms with van der Waals surface area (Å²) in [5, 5.41) is 24.4. The summed E-state index contributed by atoms with van der Waals surface area (Å²) in [7, 11) is 1.48. The van der Waals surface area contributed by atoms with E-state index in [2.05, 4.69) is 10.5 Å². The van der Waals surface area contributed by atoms with Gasteiger partial charge in [-0.1, -0.05) is 6.07 Å². The summed E-state index contributed by atoms with van der Waals surface area (Å²) < 4.78 is 10.2. The first-order valence-corrected chi connectivity index (χ1v) is 7.47. The zero-order valence-corrected chi connectivity index (χ0v) is 14.1. The van der Waals surface area contributed by atoms with Crippen LogP contribution in [0.1, 0.15) is 11.1 Å². The van der Waals surface area contributed by atoms with Crippen LogP contribution in [0.3, 0.4) is 0 Å². The van der Waals surface area contributed by atoms with Crippen LogP contribution in [-0.2, 0) is 4.79 Å². The minimum Gasteiger partial charge on any atom is -0.507 e. The number of carbonyl (C=O) groups excluding carboxylic acids is 1. The van der Waals surface area contributed by atoms with Gasteiger partial charge in [-0.05, 0) is 36.8 Å². The molecule has 1 amide bonds. The first-order chi connectivity index (χ1) is 12.4. The predicted molar refractivity (Wildman–Crippen MR) is 93.7 cm³/mol. The van der Waals surface area contributed by atoms with Gasteiger partial charge in [0.25, 0.3) is 5.91 Å². The zero-order valence-electron chi connectivity index (χ0n) is 14.1. The number of aromatic hydroxyl groups is 1. The number of ether oxygens (including phenoxy) is 2. The highest BCUT2D eigenvalue weighted by molar-refractivity contribution is 5.86. The second kappa shape index (κ2) is 8.47. The molecule has 0 heterocycles. The van der Waals surface area contributed by atoms with Crippen LogP contribution in [0.5, 0.6) is 17.2 Å². The van der Waals surface area contributed by atoms with Crippen LogP contribution in [0, 0.1) is 17.0 Å². The first kappa shape index (κ1) is 18.7. The summed E-state index contributed by atoms with van der Waals surface area (Å²) in [6.07, 6.45) is 1.24. The highest BCUT2D eigenvalue weighted by atomic mass is 16.6. The second-order valence-corrected chi connectivity index (χ2v) is 5.23. The monoisotopic (exact) mass is 359 g/mol. The Hall–Kier alpha value is -3.62. The first-order valence-electron chi connectivity index (χ1n) is 7.47. The molecular weight excluding hydrogens is 342 g/mol. The third kappa shape index (κ3) is 4.94. The maximum atomic E-state index is 11.8. The second-order valence-electron chi connectivity index (χ2n) is 5.23. The number of hydrazone groups is 1. The molecule has 0 saturated carbocycles. The summed E-state index contributed by atoms with van der Waals surface area (Å²) in [6, 6.07) is 8.98. The van der Waals surface area contributed by atoms with E-state index in [-0.39, 0.29) is 17.2 Å². The number of nitrogens with zero attached hydrogens (tertiary/aromatic N) is 2. The summed E-state index contributed by atoms with van der Waals surface area (Å²) >= 11 is 0. The molecule has 0 atom stereocenters. The normalized spacial score (nSPS) is 10.5. The van der Waals surface area contributed by atoms with E-state index in [9.17, 15) is 20.0 Å². The fourth-order valence-electron chi connectivity index (χ4n) is 2.00. The number of hydrogen-bond donors (Lipinski definition) is 2. The van der Waals surface area contributed by atoms with Gasteiger partial charge in [-0.25, -0.2) is 5.43 Å². The predicted octanol–water partition coefficient (Wildman–Crippen LogP) is 2.15. The van der Waals surface area contributed by atoms with Gasteiger partial charge in [0.05, 0.1) is 18.2 Å². The Labute approximate surface area is 149 Å². The summed E-state index contributed by atoms with van der Waals surface area (Å²) in [6.45, 7) is 1.26. The SMILES string of the molecule is COc1ccc(O)c(/C=N\NC(=O)COc2ccc(C)cc2[N+](=O)[O-])c1. The quantitative estimate of drug-likeness (QED) is 0.443. The number of phenols is 1. The average Bonchev–Trinajstić information content (AvgIpc) is 2.62. The number of methoxy groups -OCH3 is 1. The molecule has 0 unspecified atom stereocenters. The molecule has 9 nitrogen and oxygen atoms in total. The zero-order chi connectivity index (χ0) is 19.1. The Balaban J connectivity index is 1.95. The lowest BCUT2D eigenvalue weighted by atomic mass is 10.2. The van der Waals surface area contributed by atoms with Gasteiger partial charge in [-0.15, -0.1) is 0 Å².